The number of aliphatic hydroxyl groups is 1. The SMILES string of the molecule is C=CCn1c(=O)c2cnc(Nc3ccc(N4CCN(CCCCNc5ccc(C6CCC(=O)NC6=O)cc5)CC4)cc3)nc2n1-c1ccc2c(n1)[C@](O)(CC)CC2. The molecule has 14 nitrogen and oxygen atoms in total. The Labute approximate surface area is 331 Å². The fourth-order valence-corrected chi connectivity index (χ4v) is 8.27. The van der Waals surface area contributed by atoms with Crippen molar-refractivity contribution >= 4 is 45.9 Å². The minimum Gasteiger partial charge on any atom is -0.385 e. The topological polar surface area (TPSA) is 163 Å². The van der Waals surface area contributed by atoms with Crippen LogP contribution in [0.5, 0.6) is 0 Å². The van der Waals surface area contributed by atoms with Crippen molar-refractivity contribution in [3.05, 3.63) is 107 Å². The van der Waals surface area contributed by atoms with Crippen LogP contribution in [0, 0.1) is 0 Å². The fourth-order valence-electron chi connectivity index (χ4n) is 8.27. The first-order chi connectivity index (χ1) is 27.7. The largest absolute Gasteiger partial charge is 0.385 e. The molecule has 296 valence electrons. The first kappa shape index (κ1) is 38.0. The van der Waals surface area contributed by atoms with Crippen LogP contribution >= 0.6 is 0 Å². The molecular weight excluding hydrogens is 721 g/mol. The quantitative estimate of drug-likeness (QED) is 0.0685. The van der Waals surface area contributed by atoms with E-state index >= 15 is 0 Å². The number of imide groups is 1. The van der Waals surface area contributed by atoms with Crippen LogP contribution in [0.15, 0.2) is 84.3 Å². The van der Waals surface area contributed by atoms with Crippen LogP contribution in [-0.4, -0.2) is 85.4 Å². The third-order valence-corrected chi connectivity index (χ3v) is 11.6. The van der Waals surface area contributed by atoms with Crippen LogP contribution in [0.1, 0.15) is 68.2 Å². The molecule has 5 heterocycles. The molecule has 5 aromatic rings. The number of piperazine rings is 1. The summed E-state index contributed by atoms with van der Waals surface area (Å²) in [5, 5.41) is 20.9. The van der Waals surface area contributed by atoms with Crippen molar-refractivity contribution < 1.29 is 14.7 Å². The number of hydrogen-bond acceptors (Lipinski definition) is 11. The van der Waals surface area contributed by atoms with Gasteiger partial charge in [0.15, 0.2) is 11.5 Å². The number of benzene rings is 2. The van der Waals surface area contributed by atoms with Gasteiger partial charge in [-0.15, -0.1) is 6.58 Å². The average Bonchev–Trinajstić information content (AvgIpc) is 3.71. The van der Waals surface area contributed by atoms with Gasteiger partial charge in [0, 0.05) is 62.4 Å². The van der Waals surface area contributed by atoms with Crippen LogP contribution in [0.2, 0.25) is 0 Å². The molecule has 2 fully saturated rings. The second-order valence-electron chi connectivity index (χ2n) is 15.2. The summed E-state index contributed by atoms with van der Waals surface area (Å²) in [5.74, 6) is 0.217. The lowest BCUT2D eigenvalue weighted by Crippen LogP contribution is -2.46. The number of amides is 2. The van der Waals surface area contributed by atoms with Crippen LogP contribution in [0.4, 0.5) is 23.0 Å². The van der Waals surface area contributed by atoms with Crippen molar-refractivity contribution in [2.75, 3.05) is 54.8 Å². The molecule has 1 aliphatic carbocycles. The van der Waals surface area contributed by atoms with Crippen molar-refractivity contribution in [2.24, 2.45) is 0 Å². The van der Waals surface area contributed by atoms with Gasteiger partial charge in [-0.2, -0.15) is 4.98 Å². The van der Waals surface area contributed by atoms with Gasteiger partial charge in [0.1, 0.15) is 11.0 Å². The zero-order valence-electron chi connectivity index (χ0n) is 32.4. The van der Waals surface area contributed by atoms with Crippen molar-refractivity contribution in [1.29, 1.82) is 0 Å². The van der Waals surface area contributed by atoms with Crippen molar-refractivity contribution in [3.8, 4) is 5.82 Å². The lowest BCUT2D eigenvalue weighted by molar-refractivity contribution is -0.134. The predicted octanol–water partition coefficient (Wildman–Crippen LogP) is 4.99. The molecule has 0 saturated carbocycles. The zero-order valence-corrected chi connectivity index (χ0v) is 32.4. The predicted molar refractivity (Wildman–Crippen MR) is 221 cm³/mol. The lowest BCUT2D eigenvalue weighted by atomic mass is 9.90. The van der Waals surface area contributed by atoms with E-state index in [4.69, 9.17) is 9.97 Å². The number of nitrogens with zero attached hydrogens (tertiary/aromatic N) is 7. The van der Waals surface area contributed by atoms with Gasteiger partial charge in [-0.05, 0) is 98.7 Å². The normalized spacial score (nSPS) is 19.8. The summed E-state index contributed by atoms with van der Waals surface area (Å²) in [5.41, 5.74) is 4.86. The highest BCUT2D eigenvalue weighted by atomic mass is 16.3. The van der Waals surface area contributed by atoms with E-state index in [1.54, 1.807) is 21.6 Å². The molecule has 0 spiro atoms. The second-order valence-corrected chi connectivity index (χ2v) is 15.2. The number of anilines is 4. The maximum atomic E-state index is 13.5. The number of unbranched alkanes of at least 4 members (excludes halogenated alkanes) is 1. The highest BCUT2D eigenvalue weighted by molar-refractivity contribution is 6.01. The van der Waals surface area contributed by atoms with E-state index in [9.17, 15) is 19.5 Å². The number of carbonyl (C=O) groups is 2. The number of allylic oxidation sites excluding steroid dienone is 1. The molecule has 4 N–H and O–H groups in total. The molecule has 3 aliphatic rings. The van der Waals surface area contributed by atoms with E-state index in [1.165, 1.54) is 0 Å². The summed E-state index contributed by atoms with van der Waals surface area (Å²) in [6, 6.07) is 20.1. The van der Waals surface area contributed by atoms with Gasteiger partial charge >= 0.3 is 0 Å². The van der Waals surface area contributed by atoms with Crippen LogP contribution in [0.3, 0.4) is 0 Å². The smallest absolute Gasteiger partial charge is 0.278 e. The molecule has 0 radical (unpaired) electrons. The number of aromatic nitrogens is 5. The van der Waals surface area contributed by atoms with Gasteiger partial charge in [-0.3, -0.25) is 24.6 Å². The molecule has 14 heteroatoms. The molecule has 3 aromatic heterocycles. The monoisotopic (exact) mass is 770 g/mol. The zero-order chi connectivity index (χ0) is 39.5. The molecule has 2 aliphatic heterocycles. The molecule has 2 saturated heterocycles. The summed E-state index contributed by atoms with van der Waals surface area (Å²) in [6.45, 7) is 11.9. The number of rotatable bonds is 14. The number of fused-ring (bicyclic) bond motifs is 2. The summed E-state index contributed by atoms with van der Waals surface area (Å²) in [6.07, 6.45) is 8.28. The Kier molecular flexibility index (Phi) is 10.9. The number of nitrogens with one attached hydrogen (secondary N) is 3. The Bertz CT molecular complexity index is 2330. The molecule has 8 rings (SSSR count). The van der Waals surface area contributed by atoms with E-state index in [2.05, 4.69) is 49.4 Å². The van der Waals surface area contributed by atoms with Gasteiger partial charge in [0.05, 0.1) is 18.2 Å². The van der Waals surface area contributed by atoms with Gasteiger partial charge < -0.3 is 20.6 Å². The number of pyridine rings is 1. The van der Waals surface area contributed by atoms with Crippen LogP contribution < -0.4 is 26.4 Å². The molecular formula is C43H50N10O4. The molecule has 2 atom stereocenters. The van der Waals surface area contributed by atoms with E-state index in [0.29, 0.717) is 54.2 Å². The minimum absolute atomic E-state index is 0.191. The lowest BCUT2D eigenvalue weighted by Gasteiger charge is -2.36. The van der Waals surface area contributed by atoms with E-state index in [-0.39, 0.29) is 29.8 Å². The number of piperidine rings is 1. The Balaban J connectivity index is 0.833. The third-order valence-electron chi connectivity index (χ3n) is 11.6. The van der Waals surface area contributed by atoms with Crippen molar-refractivity contribution in [2.45, 2.75) is 69.9 Å². The third kappa shape index (κ3) is 7.92. The molecule has 2 aromatic carbocycles. The van der Waals surface area contributed by atoms with E-state index < -0.39 is 5.60 Å². The van der Waals surface area contributed by atoms with E-state index in [0.717, 1.165) is 86.7 Å². The van der Waals surface area contributed by atoms with Gasteiger partial charge in [0.25, 0.3) is 5.56 Å². The van der Waals surface area contributed by atoms with Gasteiger partial charge in [-0.1, -0.05) is 31.2 Å². The van der Waals surface area contributed by atoms with E-state index in [1.807, 2.05) is 55.5 Å². The number of carbonyl (C=O) groups excluding carboxylic acids is 2. The number of aryl methyl sites for hydroxylation is 1. The fraction of sp³-hybridized carbons (Fsp3) is 0.395. The Morgan fingerprint density at radius 1 is 0.947 bits per heavy atom. The van der Waals surface area contributed by atoms with Crippen molar-refractivity contribution in [1.82, 2.24) is 34.5 Å². The summed E-state index contributed by atoms with van der Waals surface area (Å²) < 4.78 is 3.25. The summed E-state index contributed by atoms with van der Waals surface area (Å²) in [4.78, 5) is 56.2. The van der Waals surface area contributed by atoms with Crippen LogP contribution in [0.25, 0.3) is 16.9 Å². The maximum Gasteiger partial charge on any atom is 0.278 e. The molecule has 57 heavy (non-hydrogen) atoms. The molecule has 0 bridgehead atoms. The second kappa shape index (κ2) is 16.3. The van der Waals surface area contributed by atoms with Gasteiger partial charge in [0.2, 0.25) is 17.8 Å². The highest BCUT2D eigenvalue weighted by Crippen LogP contribution is 2.38. The Hall–Kier alpha value is -5.86. The maximum absolute atomic E-state index is 13.5. The standard InChI is InChI=1S/C43H50N10O4/c1-3-22-52-41(56)35-28-45-42(49-39(35)53(52)36-17-9-30-19-20-43(57,4-2)38(30)47-36)46-32-12-14-33(15-13-32)51-26-24-50(25-27-51)23-6-5-21-44-31-10-7-29(8-11-31)34-16-18-37(54)48-40(34)55/h3,7-15,17,28,34,44,57H,1,4-6,16,18-27H2,2H3,(H,45,46,49)(H,48,54,55)/t34?,43-/m0/s1. The Morgan fingerprint density at radius 3 is 2.46 bits per heavy atom. The average molecular weight is 771 g/mol. The molecule has 2 amide bonds. The van der Waals surface area contributed by atoms with Crippen molar-refractivity contribution in [3.63, 3.8) is 0 Å². The number of hydrogen-bond donors (Lipinski definition) is 4. The van der Waals surface area contributed by atoms with Gasteiger partial charge in [-0.25, -0.2) is 19.3 Å². The first-order valence-corrected chi connectivity index (χ1v) is 20.1. The summed E-state index contributed by atoms with van der Waals surface area (Å²) >= 11 is 0. The first-order valence-electron chi connectivity index (χ1n) is 20.1. The Morgan fingerprint density at radius 2 is 1.72 bits per heavy atom. The van der Waals surface area contributed by atoms with Crippen LogP contribution in [-0.2, 0) is 28.2 Å². The molecule has 1 unspecified atom stereocenters. The highest BCUT2D eigenvalue weighted by Gasteiger charge is 2.37. The summed E-state index contributed by atoms with van der Waals surface area (Å²) in [7, 11) is 0. The minimum atomic E-state index is -0.988.